The fraction of sp³-hybridized carbons (Fsp3) is 0.750. The van der Waals surface area contributed by atoms with Crippen LogP contribution in [0.25, 0.3) is 0 Å². The first-order valence-electron chi connectivity index (χ1n) is 6.00. The van der Waals surface area contributed by atoms with Crippen LogP contribution in [-0.4, -0.2) is 21.6 Å². The summed E-state index contributed by atoms with van der Waals surface area (Å²) in [6.45, 7) is 10.2. The van der Waals surface area contributed by atoms with Crippen LogP contribution in [0.5, 0.6) is 0 Å². The van der Waals surface area contributed by atoms with Crippen LogP contribution in [-0.2, 0) is 6.54 Å². The Morgan fingerprint density at radius 3 is 2.75 bits per heavy atom. The Bertz CT molecular complexity index is 319. The van der Waals surface area contributed by atoms with Crippen molar-refractivity contribution in [3.8, 4) is 0 Å². The van der Waals surface area contributed by atoms with E-state index in [-0.39, 0.29) is 5.54 Å². The van der Waals surface area contributed by atoms with Gasteiger partial charge in [0.2, 0.25) is 5.95 Å². The Morgan fingerprint density at radius 2 is 2.25 bits per heavy atom. The minimum atomic E-state index is -0.0769. The summed E-state index contributed by atoms with van der Waals surface area (Å²) in [4.78, 5) is 4.32. The Morgan fingerprint density at radius 1 is 1.56 bits per heavy atom. The quantitative estimate of drug-likeness (QED) is 0.778. The van der Waals surface area contributed by atoms with Gasteiger partial charge in [-0.15, -0.1) is 0 Å². The molecule has 1 atom stereocenters. The van der Waals surface area contributed by atoms with Crippen molar-refractivity contribution in [2.75, 3.05) is 11.9 Å². The van der Waals surface area contributed by atoms with Gasteiger partial charge in [-0.2, -0.15) is 0 Å². The smallest absolute Gasteiger partial charge is 0.203 e. The molecule has 0 aliphatic carbocycles. The number of hydrogen-bond donors (Lipinski definition) is 2. The van der Waals surface area contributed by atoms with Crippen molar-refractivity contribution in [3.63, 3.8) is 0 Å². The molecule has 4 heteroatoms. The molecule has 4 nitrogen and oxygen atoms in total. The fourth-order valence-electron chi connectivity index (χ4n) is 2.04. The maximum atomic E-state index is 5.86. The summed E-state index contributed by atoms with van der Waals surface area (Å²) < 4.78 is 2.09. The van der Waals surface area contributed by atoms with Gasteiger partial charge in [0, 0.05) is 31.0 Å². The normalized spacial score (nSPS) is 15.1. The summed E-state index contributed by atoms with van der Waals surface area (Å²) in [5.74, 6) is 1.53. The second-order valence-electron chi connectivity index (χ2n) is 5.02. The largest absolute Gasteiger partial charge is 0.349 e. The molecule has 0 amide bonds. The third-order valence-electron chi connectivity index (χ3n) is 2.78. The molecule has 1 aromatic heterocycles. The molecular formula is C12H24N4. The van der Waals surface area contributed by atoms with Crippen molar-refractivity contribution < 1.29 is 0 Å². The number of hydrogen-bond acceptors (Lipinski definition) is 3. The fourth-order valence-corrected chi connectivity index (χ4v) is 2.04. The lowest BCUT2D eigenvalue weighted by Crippen LogP contribution is -2.44. The number of anilines is 1. The van der Waals surface area contributed by atoms with Crippen molar-refractivity contribution in [3.05, 3.63) is 12.4 Å². The minimum Gasteiger partial charge on any atom is -0.349 e. The molecule has 0 fully saturated rings. The predicted molar refractivity (Wildman–Crippen MR) is 68.4 cm³/mol. The number of rotatable bonds is 6. The van der Waals surface area contributed by atoms with Crippen LogP contribution in [0, 0.1) is 5.92 Å². The highest BCUT2D eigenvalue weighted by atomic mass is 15.2. The van der Waals surface area contributed by atoms with Gasteiger partial charge in [-0.3, -0.25) is 0 Å². The first-order chi connectivity index (χ1) is 7.50. The SMILES string of the molecule is CCn1ccnc1NC(C)(CN)CC(C)C. The van der Waals surface area contributed by atoms with Crippen LogP contribution in [0.15, 0.2) is 12.4 Å². The molecule has 1 rings (SSSR count). The summed E-state index contributed by atoms with van der Waals surface area (Å²) in [5.41, 5.74) is 5.79. The van der Waals surface area contributed by atoms with E-state index in [9.17, 15) is 0 Å². The molecule has 0 aromatic carbocycles. The van der Waals surface area contributed by atoms with Crippen LogP contribution < -0.4 is 11.1 Å². The molecule has 1 aromatic rings. The molecule has 0 saturated carbocycles. The van der Waals surface area contributed by atoms with Crippen LogP contribution in [0.1, 0.15) is 34.1 Å². The molecule has 0 aliphatic heterocycles. The molecule has 0 aliphatic rings. The van der Waals surface area contributed by atoms with Crippen molar-refractivity contribution in [2.45, 2.75) is 46.2 Å². The van der Waals surface area contributed by atoms with Gasteiger partial charge in [-0.05, 0) is 26.2 Å². The number of imidazole rings is 1. The molecule has 1 unspecified atom stereocenters. The Balaban J connectivity index is 2.76. The van der Waals surface area contributed by atoms with Crippen molar-refractivity contribution in [1.29, 1.82) is 0 Å². The van der Waals surface area contributed by atoms with E-state index in [0.717, 1.165) is 18.9 Å². The lowest BCUT2D eigenvalue weighted by molar-refractivity contribution is 0.403. The summed E-state index contributed by atoms with van der Waals surface area (Å²) in [6.07, 6.45) is 4.84. The highest BCUT2D eigenvalue weighted by molar-refractivity contribution is 5.30. The van der Waals surface area contributed by atoms with E-state index in [0.29, 0.717) is 12.5 Å². The first kappa shape index (κ1) is 13.0. The van der Waals surface area contributed by atoms with E-state index in [1.165, 1.54) is 0 Å². The standard InChI is InChI=1S/C12H24N4/c1-5-16-7-6-14-11(16)15-12(4,9-13)8-10(2)3/h6-7,10H,5,8-9,13H2,1-4H3,(H,14,15). The van der Waals surface area contributed by atoms with Gasteiger partial charge in [-0.1, -0.05) is 13.8 Å². The van der Waals surface area contributed by atoms with E-state index < -0.39 is 0 Å². The molecule has 16 heavy (non-hydrogen) atoms. The third-order valence-corrected chi connectivity index (χ3v) is 2.78. The van der Waals surface area contributed by atoms with Gasteiger partial charge in [0.1, 0.15) is 0 Å². The predicted octanol–water partition coefficient (Wildman–Crippen LogP) is 2.08. The molecular weight excluding hydrogens is 200 g/mol. The average molecular weight is 224 g/mol. The Labute approximate surface area is 98.2 Å². The average Bonchev–Trinajstić information content (AvgIpc) is 2.63. The second-order valence-corrected chi connectivity index (χ2v) is 5.02. The number of nitrogens with zero attached hydrogens (tertiary/aromatic N) is 2. The number of nitrogens with one attached hydrogen (secondary N) is 1. The van der Waals surface area contributed by atoms with Gasteiger partial charge in [-0.25, -0.2) is 4.98 Å². The van der Waals surface area contributed by atoms with Crippen LogP contribution in [0.4, 0.5) is 5.95 Å². The third kappa shape index (κ3) is 3.23. The highest BCUT2D eigenvalue weighted by Crippen LogP contribution is 2.20. The lowest BCUT2D eigenvalue weighted by Gasteiger charge is -2.31. The van der Waals surface area contributed by atoms with Gasteiger partial charge < -0.3 is 15.6 Å². The van der Waals surface area contributed by atoms with E-state index in [2.05, 4.69) is 42.6 Å². The van der Waals surface area contributed by atoms with Crippen LogP contribution >= 0.6 is 0 Å². The van der Waals surface area contributed by atoms with Crippen LogP contribution in [0.3, 0.4) is 0 Å². The van der Waals surface area contributed by atoms with E-state index in [1.807, 2.05) is 12.4 Å². The van der Waals surface area contributed by atoms with Gasteiger partial charge in [0.25, 0.3) is 0 Å². The zero-order chi connectivity index (χ0) is 12.2. The maximum Gasteiger partial charge on any atom is 0.203 e. The molecule has 1 heterocycles. The minimum absolute atomic E-state index is 0.0769. The lowest BCUT2D eigenvalue weighted by atomic mass is 9.91. The summed E-state index contributed by atoms with van der Waals surface area (Å²) in [6, 6.07) is 0. The molecule has 0 spiro atoms. The molecule has 3 N–H and O–H groups in total. The zero-order valence-corrected chi connectivity index (χ0v) is 10.8. The van der Waals surface area contributed by atoms with Gasteiger partial charge in [0.05, 0.1) is 0 Å². The second kappa shape index (κ2) is 5.34. The number of nitrogens with two attached hydrogens (primary N) is 1. The monoisotopic (exact) mass is 224 g/mol. The summed E-state index contributed by atoms with van der Waals surface area (Å²) in [7, 11) is 0. The van der Waals surface area contributed by atoms with Crippen molar-refractivity contribution in [2.24, 2.45) is 11.7 Å². The van der Waals surface area contributed by atoms with Gasteiger partial charge in [0.15, 0.2) is 0 Å². The van der Waals surface area contributed by atoms with E-state index >= 15 is 0 Å². The van der Waals surface area contributed by atoms with E-state index in [4.69, 9.17) is 5.73 Å². The number of aryl methyl sites for hydroxylation is 1. The molecule has 0 radical (unpaired) electrons. The summed E-state index contributed by atoms with van der Waals surface area (Å²) >= 11 is 0. The van der Waals surface area contributed by atoms with Gasteiger partial charge >= 0.3 is 0 Å². The molecule has 92 valence electrons. The van der Waals surface area contributed by atoms with Crippen molar-refractivity contribution in [1.82, 2.24) is 9.55 Å². The van der Waals surface area contributed by atoms with Crippen molar-refractivity contribution >= 4 is 5.95 Å². The first-order valence-corrected chi connectivity index (χ1v) is 6.00. The molecule has 0 saturated heterocycles. The number of aromatic nitrogens is 2. The van der Waals surface area contributed by atoms with Crippen LogP contribution in [0.2, 0.25) is 0 Å². The van der Waals surface area contributed by atoms with E-state index in [1.54, 1.807) is 0 Å². The molecule has 0 bridgehead atoms. The zero-order valence-electron chi connectivity index (χ0n) is 10.8. The Hall–Kier alpha value is -1.03. The highest BCUT2D eigenvalue weighted by Gasteiger charge is 2.24. The summed E-state index contributed by atoms with van der Waals surface area (Å²) in [5, 5.41) is 3.46. The topological polar surface area (TPSA) is 55.9 Å². The maximum absolute atomic E-state index is 5.86. The Kier molecular flexibility index (Phi) is 4.35.